The van der Waals surface area contributed by atoms with Gasteiger partial charge < -0.3 is 26.5 Å². The standard InChI is InChI=1S/C7H5O2.BrH.Mg/c1-2-4-7-6(3-1)8-5-9-7;;/h1,3-4H,5H2;1H;/q-1;;+2/p-1/i5D2;;. The van der Waals surface area contributed by atoms with Gasteiger partial charge in [-0.15, -0.1) is 12.1 Å². The van der Waals surface area contributed by atoms with Crippen LogP contribution < -0.4 is 26.5 Å². The Balaban J connectivity index is 0.000000720. The Bertz CT molecular complexity index is 269. The van der Waals surface area contributed by atoms with Crippen molar-refractivity contribution in [2.24, 2.45) is 0 Å². The van der Waals surface area contributed by atoms with E-state index in [1.807, 2.05) is 0 Å². The average Bonchev–Trinajstić information content (AvgIpc) is 2.21. The molecule has 4 heteroatoms. The third-order valence-electron chi connectivity index (χ3n) is 1.09. The summed E-state index contributed by atoms with van der Waals surface area (Å²) in [6, 6.07) is 7.55. The topological polar surface area (TPSA) is 18.5 Å². The first-order valence-electron chi connectivity index (χ1n) is 3.55. The number of hydrogen-bond donors (Lipinski definition) is 0. The van der Waals surface area contributed by atoms with Crippen molar-refractivity contribution < 1.29 is 29.2 Å². The van der Waals surface area contributed by atoms with Crippen molar-refractivity contribution in [3.8, 4) is 11.5 Å². The van der Waals surface area contributed by atoms with E-state index in [9.17, 15) is 0 Å². The third kappa shape index (κ3) is 2.25. The van der Waals surface area contributed by atoms with Gasteiger partial charge in [0.05, 0.1) is 11.5 Å². The molecule has 2 nitrogen and oxygen atoms in total. The molecule has 0 amide bonds. The monoisotopic (exact) mass is 226 g/mol. The molecule has 0 N–H and O–H groups in total. The van der Waals surface area contributed by atoms with Crippen LogP contribution in [-0.2, 0) is 0 Å². The fourth-order valence-corrected chi connectivity index (χ4v) is 0.676. The molecule has 0 saturated carbocycles. The molecule has 0 spiro atoms. The molecule has 0 saturated heterocycles. The first-order chi connectivity index (χ1) is 5.17. The zero-order valence-electron chi connectivity index (χ0n) is 7.63. The number of halogens is 1. The smallest absolute Gasteiger partial charge is 1.00 e. The minimum absolute atomic E-state index is 0. The summed E-state index contributed by atoms with van der Waals surface area (Å²) in [5.74, 6) is 0.825. The van der Waals surface area contributed by atoms with Crippen LogP contribution in [0.1, 0.15) is 2.74 Å². The summed E-state index contributed by atoms with van der Waals surface area (Å²) in [4.78, 5) is 0. The zero-order chi connectivity index (χ0) is 7.90. The van der Waals surface area contributed by atoms with E-state index in [-0.39, 0.29) is 40.0 Å². The predicted molar refractivity (Wildman–Crippen MR) is 37.2 cm³/mol. The van der Waals surface area contributed by atoms with E-state index in [1.54, 1.807) is 18.2 Å². The van der Waals surface area contributed by atoms with Crippen molar-refractivity contribution in [3.63, 3.8) is 0 Å². The van der Waals surface area contributed by atoms with Crippen LogP contribution in [0.5, 0.6) is 11.5 Å². The Morgan fingerprint density at radius 2 is 2.18 bits per heavy atom. The van der Waals surface area contributed by atoms with Gasteiger partial charge in [-0.2, -0.15) is 12.1 Å². The molecular formula is C7H5BrMgO2. The molecule has 0 unspecified atom stereocenters. The average molecular weight is 227 g/mol. The number of benzene rings is 1. The molecule has 1 aliphatic rings. The van der Waals surface area contributed by atoms with E-state index in [2.05, 4.69) is 6.07 Å². The molecule has 0 aromatic heterocycles. The number of ether oxygens (including phenoxy) is 2. The summed E-state index contributed by atoms with van der Waals surface area (Å²) < 4.78 is 23.7. The van der Waals surface area contributed by atoms with E-state index >= 15 is 0 Å². The molecule has 1 aliphatic heterocycles. The van der Waals surface area contributed by atoms with Crippen molar-refractivity contribution in [2.75, 3.05) is 6.75 Å². The van der Waals surface area contributed by atoms with Gasteiger partial charge in [0.25, 0.3) is 0 Å². The third-order valence-corrected chi connectivity index (χ3v) is 1.09. The summed E-state index contributed by atoms with van der Waals surface area (Å²) in [6.07, 6.45) is 0. The van der Waals surface area contributed by atoms with Crippen molar-refractivity contribution >= 4 is 23.1 Å². The molecule has 54 valence electrons. The second-order valence-electron chi connectivity index (χ2n) is 1.66. The van der Waals surface area contributed by atoms with Crippen LogP contribution in [0.25, 0.3) is 0 Å². The number of fused-ring (bicyclic) bond motifs is 1. The van der Waals surface area contributed by atoms with Gasteiger partial charge in [-0.1, -0.05) is 0 Å². The van der Waals surface area contributed by atoms with Gasteiger partial charge in [-0.05, 0) is 0 Å². The van der Waals surface area contributed by atoms with Crippen LogP contribution in [0, 0.1) is 6.07 Å². The molecule has 0 atom stereocenters. The SMILES string of the molecule is [2H]C1([2H])Oc2c[c-]ccc2O1.[Br-].[Mg+2]. The molecular weight excluding hydrogens is 220 g/mol. The molecule has 1 aromatic rings. The molecule has 0 bridgehead atoms. The largest absolute Gasteiger partial charge is 2.00 e. The minimum Gasteiger partial charge on any atom is -1.00 e. The predicted octanol–water partition coefficient (Wildman–Crippen LogP) is -2.16. The Morgan fingerprint density at radius 1 is 1.45 bits per heavy atom. The van der Waals surface area contributed by atoms with Gasteiger partial charge in [0.1, 0.15) is 2.74 Å². The second-order valence-corrected chi connectivity index (χ2v) is 1.66. The first-order valence-corrected chi connectivity index (χ1v) is 2.55. The van der Waals surface area contributed by atoms with Crippen molar-refractivity contribution in [3.05, 3.63) is 24.3 Å². The molecule has 1 heterocycles. The van der Waals surface area contributed by atoms with Gasteiger partial charge in [-0.25, -0.2) is 0 Å². The first kappa shape index (κ1) is 7.70. The van der Waals surface area contributed by atoms with E-state index in [1.165, 1.54) is 0 Å². The Hall–Kier alpha value is 0.0662. The fourth-order valence-electron chi connectivity index (χ4n) is 0.676. The molecule has 2 rings (SSSR count). The van der Waals surface area contributed by atoms with Gasteiger partial charge >= 0.3 is 23.1 Å². The number of rotatable bonds is 0. The van der Waals surface area contributed by atoms with E-state index in [4.69, 9.17) is 12.2 Å². The minimum atomic E-state index is -2.02. The zero-order valence-corrected chi connectivity index (χ0v) is 8.63. The van der Waals surface area contributed by atoms with Crippen molar-refractivity contribution in [2.45, 2.75) is 0 Å². The molecule has 11 heavy (non-hydrogen) atoms. The van der Waals surface area contributed by atoms with E-state index in [0.29, 0.717) is 11.5 Å². The van der Waals surface area contributed by atoms with Crippen LogP contribution in [0.15, 0.2) is 18.2 Å². The van der Waals surface area contributed by atoms with Crippen molar-refractivity contribution in [1.29, 1.82) is 0 Å². The van der Waals surface area contributed by atoms with Gasteiger partial charge in [0.15, 0.2) is 0 Å². The van der Waals surface area contributed by atoms with Crippen LogP contribution >= 0.6 is 0 Å². The van der Waals surface area contributed by atoms with Crippen LogP contribution in [0.2, 0.25) is 0 Å². The van der Waals surface area contributed by atoms with Crippen LogP contribution in [0.4, 0.5) is 0 Å². The molecule has 1 aromatic carbocycles. The Morgan fingerprint density at radius 3 is 2.91 bits per heavy atom. The van der Waals surface area contributed by atoms with Gasteiger partial charge in [0, 0.05) is 0 Å². The summed E-state index contributed by atoms with van der Waals surface area (Å²) in [5.41, 5.74) is 0. The van der Waals surface area contributed by atoms with Crippen LogP contribution in [-0.4, -0.2) is 29.8 Å². The molecule has 0 radical (unpaired) electrons. The maximum Gasteiger partial charge on any atom is 2.00 e. The number of hydrogen-bond acceptors (Lipinski definition) is 2. The quantitative estimate of drug-likeness (QED) is 0.371. The Labute approximate surface area is 94.6 Å². The maximum absolute atomic E-state index is 7.08. The summed E-state index contributed by atoms with van der Waals surface area (Å²) in [5, 5.41) is 0. The normalized spacial score (nSPS) is 18.5. The summed E-state index contributed by atoms with van der Waals surface area (Å²) in [6.45, 7) is -2.02. The van der Waals surface area contributed by atoms with E-state index in [0.717, 1.165) is 0 Å². The van der Waals surface area contributed by atoms with Gasteiger partial charge in [-0.3, -0.25) is 0 Å². The maximum atomic E-state index is 7.08. The van der Waals surface area contributed by atoms with Crippen molar-refractivity contribution in [1.82, 2.24) is 0 Å². The van der Waals surface area contributed by atoms with E-state index < -0.39 is 6.75 Å². The second kappa shape index (κ2) is 4.85. The van der Waals surface area contributed by atoms with Gasteiger partial charge in [0.2, 0.25) is 6.75 Å². The molecule has 0 aliphatic carbocycles. The fraction of sp³-hybridized carbons (Fsp3) is 0.143. The summed E-state index contributed by atoms with van der Waals surface area (Å²) >= 11 is 0. The Kier molecular flexibility index (Phi) is 3.39. The molecule has 0 fully saturated rings. The summed E-state index contributed by atoms with van der Waals surface area (Å²) in [7, 11) is 0. The van der Waals surface area contributed by atoms with Crippen LogP contribution in [0.3, 0.4) is 0 Å².